The molecule has 0 aromatic carbocycles. The molecule has 1 saturated carbocycles. The van der Waals surface area contributed by atoms with Gasteiger partial charge in [0.2, 0.25) is 0 Å². The van der Waals surface area contributed by atoms with Gasteiger partial charge in [0.15, 0.2) is 5.65 Å². The fourth-order valence-corrected chi connectivity index (χ4v) is 1.69. The van der Waals surface area contributed by atoms with E-state index in [1.165, 1.54) is 12.8 Å². The first kappa shape index (κ1) is 10.4. The van der Waals surface area contributed by atoms with Gasteiger partial charge in [-0.3, -0.25) is 4.98 Å². The number of hydrogen-bond donors (Lipinski definition) is 2. The summed E-state index contributed by atoms with van der Waals surface area (Å²) in [5, 5.41) is 18.1. The highest BCUT2D eigenvalue weighted by atomic mass is 15.5. The molecule has 1 fully saturated rings. The zero-order valence-corrected chi connectivity index (χ0v) is 9.50. The van der Waals surface area contributed by atoms with Crippen LogP contribution in [0.5, 0.6) is 0 Å². The second-order valence-electron chi connectivity index (χ2n) is 4.25. The second-order valence-corrected chi connectivity index (χ2v) is 4.25. The van der Waals surface area contributed by atoms with Crippen molar-refractivity contribution in [1.82, 2.24) is 30.3 Å². The lowest BCUT2D eigenvalue weighted by molar-refractivity contribution is 0.657. The minimum absolute atomic E-state index is 0.658. The van der Waals surface area contributed by atoms with Crippen molar-refractivity contribution in [1.29, 1.82) is 0 Å². The van der Waals surface area contributed by atoms with E-state index in [1.807, 2.05) is 0 Å². The average Bonchev–Trinajstić information content (AvgIpc) is 3.04. The topological polar surface area (TPSA) is 80.0 Å². The summed E-state index contributed by atoms with van der Waals surface area (Å²) in [5.74, 6) is 0.832. The van der Waals surface area contributed by atoms with Crippen LogP contribution < -0.4 is 10.6 Å². The smallest absolute Gasteiger partial charge is 0.199 e. The third-order valence-electron chi connectivity index (χ3n) is 2.78. The summed E-state index contributed by atoms with van der Waals surface area (Å²) < 4.78 is 1.65. The highest BCUT2D eigenvalue weighted by Gasteiger charge is 2.19. The molecule has 0 aliphatic heterocycles. The first-order valence-corrected chi connectivity index (χ1v) is 5.93. The Bertz CT molecular complexity index is 490. The Morgan fingerprint density at radius 1 is 1.29 bits per heavy atom. The Balaban J connectivity index is 1.51. The predicted molar refractivity (Wildman–Crippen MR) is 62.7 cm³/mol. The van der Waals surface area contributed by atoms with Crippen LogP contribution in [-0.2, 0) is 0 Å². The van der Waals surface area contributed by atoms with Crippen LogP contribution in [0, 0.1) is 0 Å². The number of anilines is 1. The van der Waals surface area contributed by atoms with E-state index in [2.05, 4.69) is 31.1 Å². The first-order chi connectivity index (χ1) is 8.43. The van der Waals surface area contributed by atoms with Crippen molar-refractivity contribution in [2.45, 2.75) is 25.3 Å². The van der Waals surface area contributed by atoms with Crippen molar-refractivity contribution >= 4 is 11.5 Å². The lowest BCUT2D eigenvalue weighted by Crippen LogP contribution is -2.20. The summed E-state index contributed by atoms with van der Waals surface area (Å²) in [6, 6.07) is 0.777. The van der Waals surface area contributed by atoms with E-state index in [9.17, 15) is 0 Å². The van der Waals surface area contributed by atoms with E-state index < -0.39 is 0 Å². The lowest BCUT2D eigenvalue weighted by atomic mass is 10.4. The monoisotopic (exact) mass is 233 g/mol. The van der Waals surface area contributed by atoms with E-state index in [0.29, 0.717) is 5.65 Å². The van der Waals surface area contributed by atoms with Crippen LogP contribution in [0.2, 0.25) is 0 Å². The third kappa shape index (κ3) is 2.50. The van der Waals surface area contributed by atoms with Crippen molar-refractivity contribution < 1.29 is 0 Å². The summed E-state index contributed by atoms with van der Waals surface area (Å²) in [7, 11) is 0. The molecule has 0 bridgehead atoms. The molecule has 90 valence electrons. The molecule has 0 unspecified atom stereocenters. The van der Waals surface area contributed by atoms with E-state index in [1.54, 1.807) is 16.9 Å². The zero-order chi connectivity index (χ0) is 11.5. The Morgan fingerprint density at radius 2 is 2.24 bits per heavy atom. The van der Waals surface area contributed by atoms with Gasteiger partial charge in [-0.1, -0.05) is 0 Å². The number of nitrogens with one attached hydrogen (secondary N) is 2. The Hall–Kier alpha value is -1.76. The maximum Gasteiger partial charge on any atom is 0.199 e. The van der Waals surface area contributed by atoms with Gasteiger partial charge >= 0.3 is 0 Å². The Morgan fingerprint density at radius 3 is 3.12 bits per heavy atom. The van der Waals surface area contributed by atoms with Crippen LogP contribution in [0.3, 0.4) is 0 Å². The average molecular weight is 233 g/mol. The lowest BCUT2D eigenvalue weighted by Gasteiger charge is -2.06. The fourth-order valence-electron chi connectivity index (χ4n) is 1.69. The van der Waals surface area contributed by atoms with Gasteiger partial charge in [0.05, 0.1) is 12.4 Å². The van der Waals surface area contributed by atoms with Crippen molar-refractivity contribution in [2.24, 2.45) is 0 Å². The van der Waals surface area contributed by atoms with Crippen LogP contribution in [0.25, 0.3) is 5.65 Å². The number of fused-ring (bicyclic) bond motifs is 1. The summed E-state index contributed by atoms with van der Waals surface area (Å²) in [5.41, 5.74) is 0.658. The molecule has 2 aromatic rings. The summed E-state index contributed by atoms with van der Waals surface area (Å²) in [4.78, 5) is 4.08. The SMILES string of the molecule is c1ncc2nnnn2c1NCCCNC1CC1. The van der Waals surface area contributed by atoms with Crippen molar-refractivity contribution in [3.8, 4) is 0 Å². The van der Waals surface area contributed by atoms with Gasteiger partial charge in [0, 0.05) is 12.6 Å². The van der Waals surface area contributed by atoms with Gasteiger partial charge in [-0.05, 0) is 36.2 Å². The molecular weight excluding hydrogens is 218 g/mol. The quantitative estimate of drug-likeness (QED) is 0.687. The largest absolute Gasteiger partial charge is 0.369 e. The molecule has 3 rings (SSSR count). The summed E-state index contributed by atoms with van der Waals surface area (Å²) in [6.07, 6.45) is 7.12. The highest BCUT2D eigenvalue weighted by molar-refractivity contribution is 5.43. The molecule has 2 N–H and O–H groups in total. The minimum atomic E-state index is 0.658. The third-order valence-corrected chi connectivity index (χ3v) is 2.78. The first-order valence-electron chi connectivity index (χ1n) is 5.93. The van der Waals surface area contributed by atoms with Gasteiger partial charge in [0.25, 0.3) is 0 Å². The number of aromatic nitrogens is 5. The molecule has 1 aliphatic carbocycles. The normalized spacial score (nSPS) is 15.3. The van der Waals surface area contributed by atoms with Crippen LogP contribution in [0.1, 0.15) is 19.3 Å². The molecule has 2 aromatic heterocycles. The number of nitrogens with zero attached hydrogens (tertiary/aromatic N) is 5. The van der Waals surface area contributed by atoms with Crippen molar-refractivity contribution in [3.63, 3.8) is 0 Å². The number of hydrogen-bond acceptors (Lipinski definition) is 6. The molecular formula is C10H15N7. The molecule has 0 saturated heterocycles. The Kier molecular flexibility index (Phi) is 2.83. The predicted octanol–water partition coefficient (Wildman–Crippen LogP) is 0.0733. The fraction of sp³-hybridized carbons (Fsp3) is 0.600. The van der Waals surface area contributed by atoms with Gasteiger partial charge in [-0.25, -0.2) is 0 Å². The van der Waals surface area contributed by atoms with Gasteiger partial charge in [-0.2, -0.15) is 4.52 Å². The van der Waals surface area contributed by atoms with Gasteiger partial charge < -0.3 is 10.6 Å². The van der Waals surface area contributed by atoms with E-state index in [4.69, 9.17) is 0 Å². The van der Waals surface area contributed by atoms with Crippen LogP contribution in [0.15, 0.2) is 12.4 Å². The van der Waals surface area contributed by atoms with E-state index in [-0.39, 0.29) is 0 Å². The van der Waals surface area contributed by atoms with Gasteiger partial charge in [0.1, 0.15) is 5.82 Å². The highest BCUT2D eigenvalue weighted by Crippen LogP contribution is 2.18. The molecule has 2 heterocycles. The molecule has 0 amide bonds. The van der Waals surface area contributed by atoms with Crippen molar-refractivity contribution in [3.05, 3.63) is 12.4 Å². The van der Waals surface area contributed by atoms with Crippen LogP contribution in [-0.4, -0.2) is 44.2 Å². The summed E-state index contributed by atoms with van der Waals surface area (Å²) in [6.45, 7) is 1.94. The molecule has 0 radical (unpaired) electrons. The maximum absolute atomic E-state index is 4.08. The Labute approximate surface area is 98.6 Å². The molecule has 7 nitrogen and oxygen atoms in total. The van der Waals surface area contributed by atoms with Crippen molar-refractivity contribution in [2.75, 3.05) is 18.4 Å². The van der Waals surface area contributed by atoms with Crippen LogP contribution >= 0.6 is 0 Å². The van der Waals surface area contributed by atoms with E-state index in [0.717, 1.165) is 31.4 Å². The second kappa shape index (κ2) is 4.62. The summed E-state index contributed by atoms with van der Waals surface area (Å²) >= 11 is 0. The van der Waals surface area contributed by atoms with E-state index >= 15 is 0 Å². The number of rotatable bonds is 6. The molecule has 17 heavy (non-hydrogen) atoms. The molecule has 0 atom stereocenters. The number of tetrazole rings is 1. The van der Waals surface area contributed by atoms with Gasteiger partial charge in [-0.15, -0.1) is 5.10 Å². The maximum atomic E-state index is 4.08. The standard InChI is InChI=1S/C10H15N7/c1(4-12-8-2-3-8)5-13-9-6-11-7-10-14-15-16-17(9)10/h6-8,12-13H,1-5H2. The molecule has 7 heteroatoms. The molecule has 1 aliphatic rings. The minimum Gasteiger partial charge on any atom is -0.369 e. The molecule has 0 spiro atoms. The zero-order valence-electron chi connectivity index (χ0n) is 9.50. The van der Waals surface area contributed by atoms with Crippen LogP contribution in [0.4, 0.5) is 5.82 Å².